The van der Waals surface area contributed by atoms with E-state index in [1.807, 2.05) is 51.1 Å². The number of amides is 1. The molecule has 0 radical (unpaired) electrons. The lowest BCUT2D eigenvalue weighted by atomic mass is 9.88. The van der Waals surface area contributed by atoms with E-state index < -0.39 is 17.5 Å². The second-order valence-electron chi connectivity index (χ2n) is 7.13. The van der Waals surface area contributed by atoms with Crippen LogP contribution in [0.1, 0.15) is 47.6 Å². The molecular weight excluding hydrogens is 419 g/mol. The summed E-state index contributed by atoms with van der Waals surface area (Å²) in [5.74, 6) is -0.836. The second-order valence-corrected chi connectivity index (χ2v) is 9.09. The summed E-state index contributed by atoms with van der Waals surface area (Å²) >= 11 is 4.62. The molecule has 1 aromatic heterocycles. The van der Waals surface area contributed by atoms with Crippen LogP contribution in [0.15, 0.2) is 28.7 Å². The van der Waals surface area contributed by atoms with Crippen LogP contribution in [0.25, 0.3) is 0 Å². The number of carbonyl (C=O) groups excluding carboxylic acids is 1. The Balaban J connectivity index is 2.06. The van der Waals surface area contributed by atoms with Gasteiger partial charge in [0.2, 0.25) is 0 Å². The summed E-state index contributed by atoms with van der Waals surface area (Å²) in [7, 11) is 0. The molecule has 0 saturated carbocycles. The van der Waals surface area contributed by atoms with Crippen molar-refractivity contribution in [1.29, 1.82) is 5.26 Å². The number of ether oxygens (including phenoxy) is 1. The van der Waals surface area contributed by atoms with Crippen LogP contribution in [-0.4, -0.2) is 23.1 Å². The molecule has 0 bridgehead atoms. The zero-order chi connectivity index (χ0) is 19.1. The Morgan fingerprint density at radius 1 is 1.42 bits per heavy atom. The minimum absolute atomic E-state index is 0.0538. The highest BCUT2D eigenvalue weighted by Gasteiger charge is 2.37. The van der Waals surface area contributed by atoms with Gasteiger partial charge in [-0.05, 0) is 32.4 Å². The lowest BCUT2D eigenvalue weighted by molar-refractivity contribution is 0.0215. The van der Waals surface area contributed by atoms with E-state index in [0.29, 0.717) is 17.0 Å². The molecule has 0 spiro atoms. The first-order valence-electron chi connectivity index (χ1n) is 8.14. The van der Waals surface area contributed by atoms with Gasteiger partial charge in [-0.3, -0.25) is 0 Å². The van der Waals surface area contributed by atoms with Crippen molar-refractivity contribution in [3.63, 3.8) is 0 Å². The highest BCUT2D eigenvalue weighted by molar-refractivity contribution is 9.10. The fraction of sp³-hybridized carbons (Fsp3) is 0.368. The predicted molar refractivity (Wildman–Crippen MR) is 102 cm³/mol. The Morgan fingerprint density at radius 3 is 2.73 bits per heavy atom. The number of hydrogen-bond donors (Lipinski definition) is 0. The molecule has 7 heteroatoms. The lowest BCUT2D eigenvalue weighted by Crippen LogP contribution is -2.41. The first-order chi connectivity index (χ1) is 12.2. The molecule has 1 aliphatic heterocycles. The van der Waals surface area contributed by atoms with Gasteiger partial charge in [0.25, 0.3) is 0 Å². The summed E-state index contributed by atoms with van der Waals surface area (Å²) in [5, 5.41) is 9.21. The average Bonchev–Trinajstić information content (AvgIpc) is 2.89. The molecule has 1 aliphatic rings. The number of fused-ring (bicyclic) bond motifs is 1. The molecule has 2 heterocycles. The van der Waals surface area contributed by atoms with Crippen LogP contribution in [0.2, 0.25) is 0 Å². The zero-order valence-corrected chi connectivity index (χ0v) is 17.1. The largest absolute Gasteiger partial charge is 0.444 e. The van der Waals surface area contributed by atoms with E-state index in [1.54, 1.807) is 4.90 Å². The van der Waals surface area contributed by atoms with Crippen LogP contribution in [0.5, 0.6) is 0 Å². The van der Waals surface area contributed by atoms with Gasteiger partial charge in [-0.15, -0.1) is 11.3 Å². The number of benzene rings is 1. The number of carbonyl (C=O) groups is 1. The van der Waals surface area contributed by atoms with Gasteiger partial charge in [0.1, 0.15) is 16.5 Å². The van der Waals surface area contributed by atoms with E-state index in [1.165, 1.54) is 0 Å². The van der Waals surface area contributed by atoms with Crippen molar-refractivity contribution in [2.24, 2.45) is 0 Å². The number of rotatable bonds is 1. The second kappa shape index (κ2) is 7.01. The molecule has 1 amide bonds. The van der Waals surface area contributed by atoms with E-state index in [2.05, 4.69) is 15.9 Å². The summed E-state index contributed by atoms with van der Waals surface area (Å²) < 4.78 is 21.1. The first-order valence-corrected chi connectivity index (χ1v) is 9.75. The third kappa shape index (κ3) is 3.62. The van der Waals surface area contributed by atoms with Gasteiger partial charge in [0.15, 0.2) is 5.82 Å². The Hall–Kier alpha value is -1.91. The maximum Gasteiger partial charge on any atom is 0.410 e. The normalized spacial score (nSPS) is 16.8. The number of thiophene rings is 1. The van der Waals surface area contributed by atoms with E-state index >= 15 is 0 Å². The molecule has 4 nitrogen and oxygen atoms in total. The third-order valence-corrected chi connectivity index (χ3v) is 5.87. The fourth-order valence-corrected chi connectivity index (χ4v) is 4.65. The Morgan fingerprint density at radius 2 is 2.12 bits per heavy atom. The summed E-state index contributed by atoms with van der Waals surface area (Å²) in [6.45, 7) is 5.97. The molecule has 136 valence electrons. The summed E-state index contributed by atoms with van der Waals surface area (Å²) in [5.41, 5.74) is 0.778. The molecule has 0 N–H and O–H groups in total. The van der Waals surface area contributed by atoms with E-state index in [4.69, 9.17) is 4.74 Å². The minimum Gasteiger partial charge on any atom is -0.444 e. The Labute approximate surface area is 164 Å². The van der Waals surface area contributed by atoms with Crippen LogP contribution in [0.3, 0.4) is 0 Å². The quantitative estimate of drug-likeness (QED) is 0.600. The molecule has 2 aromatic rings. The highest BCUT2D eigenvalue weighted by atomic mass is 79.9. The average molecular weight is 437 g/mol. The molecule has 3 rings (SSSR count). The number of hydrogen-bond acceptors (Lipinski definition) is 4. The molecule has 1 aromatic carbocycles. The van der Waals surface area contributed by atoms with E-state index in [-0.39, 0.29) is 17.3 Å². The van der Waals surface area contributed by atoms with Crippen LogP contribution in [0.4, 0.5) is 9.18 Å². The Bertz CT molecular complexity index is 898. The lowest BCUT2D eigenvalue weighted by Gasteiger charge is -2.34. The van der Waals surface area contributed by atoms with Crippen molar-refractivity contribution < 1.29 is 13.9 Å². The third-order valence-electron chi connectivity index (χ3n) is 4.08. The van der Waals surface area contributed by atoms with Gasteiger partial charge in [-0.1, -0.05) is 34.1 Å². The first kappa shape index (κ1) is 18.9. The Kier molecular flexibility index (Phi) is 5.09. The number of halogens is 2. The van der Waals surface area contributed by atoms with Gasteiger partial charge < -0.3 is 9.64 Å². The maximum atomic E-state index is 14.8. The van der Waals surface area contributed by atoms with Gasteiger partial charge >= 0.3 is 6.09 Å². The summed E-state index contributed by atoms with van der Waals surface area (Å²) in [4.78, 5) is 14.9. The van der Waals surface area contributed by atoms with Crippen molar-refractivity contribution in [3.05, 3.63) is 55.4 Å². The van der Waals surface area contributed by atoms with Gasteiger partial charge in [-0.25, -0.2) is 9.18 Å². The summed E-state index contributed by atoms with van der Waals surface area (Å²) in [6, 6.07) is 9.47. The van der Waals surface area contributed by atoms with Crippen molar-refractivity contribution in [3.8, 4) is 6.07 Å². The zero-order valence-electron chi connectivity index (χ0n) is 14.7. The van der Waals surface area contributed by atoms with Crippen molar-refractivity contribution in [1.82, 2.24) is 4.90 Å². The number of nitriles is 1. The van der Waals surface area contributed by atoms with Crippen molar-refractivity contribution in [2.75, 3.05) is 6.54 Å². The molecule has 26 heavy (non-hydrogen) atoms. The molecular formula is C19H18BrFN2O2S. The van der Waals surface area contributed by atoms with E-state index in [9.17, 15) is 14.4 Å². The van der Waals surface area contributed by atoms with Crippen LogP contribution < -0.4 is 0 Å². The monoisotopic (exact) mass is 436 g/mol. The summed E-state index contributed by atoms with van der Waals surface area (Å²) in [6.07, 6.45) is -0.437. The van der Waals surface area contributed by atoms with Crippen molar-refractivity contribution in [2.45, 2.75) is 38.8 Å². The fourth-order valence-electron chi connectivity index (χ4n) is 3.03. The molecule has 0 saturated heterocycles. The smallest absolute Gasteiger partial charge is 0.410 e. The maximum absolute atomic E-state index is 14.8. The molecule has 0 fully saturated rings. The van der Waals surface area contributed by atoms with Crippen LogP contribution >= 0.6 is 27.3 Å². The predicted octanol–water partition coefficient (Wildman–Crippen LogP) is 5.40. The van der Waals surface area contributed by atoms with Gasteiger partial charge in [0.05, 0.1) is 6.54 Å². The minimum atomic E-state index is -0.612. The highest BCUT2D eigenvalue weighted by Crippen LogP contribution is 2.42. The van der Waals surface area contributed by atoms with E-state index in [0.717, 1.165) is 21.4 Å². The van der Waals surface area contributed by atoms with Gasteiger partial charge in [-0.2, -0.15) is 5.26 Å². The van der Waals surface area contributed by atoms with Crippen molar-refractivity contribution >= 4 is 33.4 Å². The number of nitrogens with zero attached hydrogens (tertiary/aromatic N) is 2. The van der Waals surface area contributed by atoms with Crippen LogP contribution in [0, 0.1) is 17.1 Å². The van der Waals surface area contributed by atoms with Gasteiger partial charge in [0, 0.05) is 27.4 Å². The topological polar surface area (TPSA) is 53.3 Å². The molecule has 1 unspecified atom stereocenters. The molecule has 1 atom stereocenters. The SMILES string of the molecule is CC(C)(C)OC(=O)N1Cc2sc(C#N)c(F)c2C(c2ccccc2Br)C1. The molecule has 0 aliphatic carbocycles. The van der Waals surface area contributed by atoms with Crippen LogP contribution in [-0.2, 0) is 11.3 Å². The standard InChI is InChI=1S/C19H18BrFN2O2S/c1-19(2,3)25-18(24)23-9-12(11-6-4-5-7-13(11)20)16-15(10-23)26-14(8-22)17(16)21/h4-7,12H,9-10H2,1-3H3.